The van der Waals surface area contributed by atoms with Crippen LogP contribution in [0.25, 0.3) is 11.2 Å². The number of aliphatic hydroxyl groups excluding tert-OH is 2. The minimum Gasteiger partial charge on any atom is -0.387 e. The van der Waals surface area contributed by atoms with Crippen LogP contribution in [0.3, 0.4) is 0 Å². The molecular weight excluding hydrogens is 330 g/mol. The number of rotatable bonds is 4. The lowest BCUT2D eigenvalue weighted by atomic mass is 10.1. The lowest BCUT2D eigenvalue weighted by molar-refractivity contribution is -0.0288. The van der Waals surface area contributed by atoms with Crippen molar-refractivity contribution in [2.24, 2.45) is 0 Å². The molecule has 8 nitrogen and oxygen atoms in total. The van der Waals surface area contributed by atoms with Crippen LogP contribution in [0.4, 0.5) is 5.82 Å². The quantitative estimate of drug-likeness (QED) is 0.602. The Kier molecular flexibility index (Phi) is 4.33. The van der Waals surface area contributed by atoms with Gasteiger partial charge in [0.1, 0.15) is 18.5 Å². The van der Waals surface area contributed by atoms with Gasteiger partial charge in [0.15, 0.2) is 23.2 Å². The Hall–Kier alpha value is -1.42. The average molecular weight is 351 g/mol. The monoisotopic (exact) mass is 351 g/mol. The fraction of sp³-hybridized carbons (Fsp3) is 0.667. The van der Waals surface area contributed by atoms with Crippen LogP contribution >= 0.6 is 12.6 Å². The Morgan fingerprint density at radius 2 is 2.00 bits per heavy atom. The molecule has 0 aromatic carbocycles. The van der Waals surface area contributed by atoms with Crippen LogP contribution < -0.4 is 5.32 Å². The molecule has 3 N–H and O–H groups in total. The predicted octanol–water partition coefficient (Wildman–Crippen LogP) is 0.730. The smallest absolute Gasteiger partial charge is 0.167 e. The summed E-state index contributed by atoms with van der Waals surface area (Å²) < 4.78 is 7.37. The van der Waals surface area contributed by atoms with E-state index in [0.717, 1.165) is 12.8 Å². The number of hydrogen-bond donors (Lipinski definition) is 4. The number of aliphatic hydroxyl groups is 2. The van der Waals surface area contributed by atoms with E-state index >= 15 is 0 Å². The van der Waals surface area contributed by atoms with E-state index in [1.807, 2.05) is 0 Å². The van der Waals surface area contributed by atoms with Gasteiger partial charge < -0.3 is 20.3 Å². The summed E-state index contributed by atoms with van der Waals surface area (Å²) >= 11 is 4.15. The molecule has 1 aliphatic heterocycles. The molecule has 1 saturated heterocycles. The molecule has 4 rings (SSSR count). The second-order valence-electron chi connectivity index (χ2n) is 6.40. The first-order chi connectivity index (χ1) is 11.7. The second-order valence-corrected chi connectivity index (χ2v) is 6.77. The van der Waals surface area contributed by atoms with Crippen LogP contribution in [0.2, 0.25) is 0 Å². The van der Waals surface area contributed by atoms with Crippen molar-refractivity contribution >= 4 is 29.6 Å². The highest BCUT2D eigenvalue weighted by molar-refractivity contribution is 7.80. The topological polar surface area (TPSA) is 105 Å². The van der Waals surface area contributed by atoms with Crippen LogP contribution in [0.15, 0.2) is 12.7 Å². The molecular formula is C15H21N5O3S. The van der Waals surface area contributed by atoms with Crippen LogP contribution in [-0.2, 0) is 4.74 Å². The number of nitrogens with zero attached hydrogens (tertiary/aromatic N) is 4. The van der Waals surface area contributed by atoms with Gasteiger partial charge in [-0.15, -0.1) is 0 Å². The minimum atomic E-state index is -1.05. The molecule has 3 heterocycles. The largest absolute Gasteiger partial charge is 0.387 e. The van der Waals surface area contributed by atoms with E-state index in [4.69, 9.17) is 4.74 Å². The maximum Gasteiger partial charge on any atom is 0.167 e. The molecule has 9 heteroatoms. The zero-order chi connectivity index (χ0) is 16.7. The van der Waals surface area contributed by atoms with E-state index in [-0.39, 0.29) is 0 Å². The standard InChI is InChI=1S/C15H21N5O3S/c21-11-9(5-24)23-15(12(11)22)20-7-18-10-13(16-6-17-14(10)20)19-8-3-1-2-4-8/h6-9,11-12,15,21-22,24H,1-5H2,(H,16,17,19)/t9-,11-,12-,15-/m1/s1. The van der Waals surface area contributed by atoms with Crippen molar-refractivity contribution in [2.75, 3.05) is 11.1 Å². The summed E-state index contributed by atoms with van der Waals surface area (Å²) in [6.07, 6.45) is 4.46. The van der Waals surface area contributed by atoms with Crippen LogP contribution in [-0.4, -0.2) is 59.8 Å². The van der Waals surface area contributed by atoms with E-state index in [0.29, 0.717) is 28.8 Å². The number of hydrogen-bond acceptors (Lipinski definition) is 8. The van der Waals surface area contributed by atoms with Crippen molar-refractivity contribution in [1.82, 2.24) is 19.5 Å². The first kappa shape index (κ1) is 16.1. The van der Waals surface area contributed by atoms with Crippen LogP contribution in [0, 0.1) is 0 Å². The van der Waals surface area contributed by atoms with E-state index in [2.05, 4.69) is 32.9 Å². The maximum absolute atomic E-state index is 10.3. The summed E-state index contributed by atoms with van der Waals surface area (Å²) in [6.45, 7) is 0. The average Bonchev–Trinajstić information content (AvgIpc) is 3.30. The van der Waals surface area contributed by atoms with Crippen LogP contribution in [0.5, 0.6) is 0 Å². The molecule has 0 radical (unpaired) electrons. The lowest BCUT2D eigenvalue weighted by Gasteiger charge is -2.17. The Morgan fingerprint density at radius 1 is 1.21 bits per heavy atom. The third kappa shape index (κ3) is 2.65. The van der Waals surface area contributed by atoms with Gasteiger partial charge in [-0.05, 0) is 12.8 Å². The number of ether oxygens (including phenoxy) is 1. The highest BCUT2D eigenvalue weighted by Gasteiger charge is 2.43. The van der Waals surface area contributed by atoms with Crippen molar-refractivity contribution in [3.8, 4) is 0 Å². The highest BCUT2D eigenvalue weighted by atomic mass is 32.1. The molecule has 0 amide bonds. The molecule has 4 atom stereocenters. The number of anilines is 1. The summed E-state index contributed by atoms with van der Waals surface area (Å²) in [4.78, 5) is 13.0. The Balaban J connectivity index is 1.65. The molecule has 2 fully saturated rings. The summed E-state index contributed by atoms with van der Waals surface area (Å²) in [5, 5.41) is 23.7. The summed E-state index contributed by atoms with van der Waals surface area (Å²) in [7, 11) is 0. The predicted molar refractivity (Wildman–Crippen MR) is 91.0 cm³/mol. The molecule has 130 valence electrons. The van der Waals surface area contributed by atoms with Gasteiger partial charge in [-0.25, -0.2) is 15.0 Å². The first-order valence-corrected chi connectivity index (χ1v) is 8.89. The van der Waals surface area contributed by atoms with Gasteiger partial charge in [-0.3, -0.25) is 4.57 Å². The van der Waals surface area contributed by atoms with Gasteiger partial charge in [-0.1, -0.05) is 12.8 Å². The van der Waals surface area contributed by atoms with Crippen molar-refractivity contribution in [3.05, 3.63) is 12.7 Å². The molecule has 2 aromatic heterocycles. The number of nitrogens with one attached hydrogen (secondary N) is 1. The van der Waals surface area contributed by atoms with E-state index in [1.165, 1.54) is 19.2 Å². The third-order valence-electron chi connectivity index (χ3n) is 4.85. The molecule has 1 aliphatic carbocycles. The molecule has 1 saturated carbocycles. The van der Waals surface area contributed by atoms with Crippen LogP contribution in [0.1, 0.15) is 31.9 Å². The normalized spacial score (nSPS) is 31.1. The highest BCUT2D eigenvalue weighted by Crippen LogP contribution is 2.33. The van der Waals surface area contributed by atoms with Gasteiger partial charge >= 0.3 is 0 Å². The van der Waals surface area contributed by atoms with Crippen molar-refractivity contribution in [2.45, 2.75) is 56.3 Å². The molecule has 0 unspecified atom stereocenters. The number of fused-ring (bicyclic) bond motifs is 1. The second kappa shape index (κ2) is 6.47. The van der Waals surface area contributed by atoms with E-state index in [1.54, 1.807) is 10.9 Å². The molecule has 2 aliphatic rings. The number of aromatic nitrogens is 4. The molecule has 0 bridgehead atoms. The van der Waals surface area contributed by atoms with Crippen molar-refractivity contribution in [3.63, 3.8) is 0 Å². The fourth-order valence-corrected chi connectivity index (χ4v) is 3.82. The summed E-state index contributed by atoms with van der Waals surface area (Å²) in [5.74, 6) is 1.02. The number of thiol groups is 1. The van der Waals surface area contributed by atoms with Gasteiger partial charge in [0.2, 0.25) is 0 Å². The summed E-state index contributed by atoms with van der Waals surface area (Å²) in [5.41, 5.74) is 1.21. The SMILES string of the molecule is O[C@@H]1[C@H](O)[C@@H](CS)O[C@H]1n1cnc2c(NC3CCCC3)ncnc21. The molecule has 0 spiro atoms. The fourth-order valence-electron chi connectivity index (χ4n) is 3.52. The molecule has 2 aromatic rings. The van der Waals surface area contributed by atoms with Crippen molar-refractivity contribution < 1.29 is 14.9 Å². The van der Waals surface area contributed by atoms with Gasteiger partial charge in [-0.2, -0.15) is 12.6 Å². The Bertz CT molecular complexity index is 720. The lowest BCUT2D eigenvalue weighted by Crippen LogP contribution is -2.32. The zero-order valence-corrected chi connectivity index (χ0v) is 14.0. The van der Waals surface area contributed by atoms with E-state index < -0.39 is 24.5 Å². The van der Waals surface area contributed by atoms with Gasteiger partial charge in [0, 0.05) is 11.8 Å². The van der Waals surface area contributed by atoms with Gasteiger partial charge in [0.05, 0.1) is 12.4 Å². The Labute approximate surface area is 144 Å². The van der Waals surface area contributed by atoms with Crippen molar-refractivity contribution in [1.29, 1.82) is 0 Å². The minimum absolute atomic E-state index is 0.324. The van der Waals surface area contributed by atoms with Gasteiger partial charge in [0.25, 0.3) is 0 Å². The van der Waals surface area contributed by atoms with E-state index in [9.17, 15) is 10.2 Å². The first-order valence-electron chi connectivity index (χ1n) is 8.25. The third-order valence-corrected chi connectivity index (χ3v) is 5.21. The maximum atomic E-state index is 10.3. The molecule has 24 heavy (non-hydrogen) atoms. The number of imidazole rings is 1. The summed E-state index contributed by atoms with van der Waals surface area (Å²) in [6, 6.07) is 0.414. The zero-order valence-electron chi connectivity index (χ0n) is 13.1. The Morgan fingerprint density at radius 3 is 2.71 bits per heavy atom.